The summed E-state index contributed by atoms with van der Waals surface area (Å²) in [4.78, 5) is 13.8. The lowest BCUT2D eigenvalue weighted by molar-refractivity contribution is -0.129. The monoisotopic (exact) mass is 291 g/mol. The fourth-order valence-corrected chi connectivity index (χ4v) is 2.54. The number of amides is 1. The van der Waals surface area contributed by atoms with Crippen molar-refractivity contribution >= 4 is 17.2 Å². The van der Waals surface area contributed by atoms with Crippen LogP contribution in [0.5, 0.6) is 0 Å². The molecule has 2 aromatic heterocycles. The van der Waals surface area contributed by atoms with Crippen molar-refractivity contribution in [3.8, 4) is 0 Å². The zero-order valence-corrected chi connectivity index (χ0v) is 13.3. The SMILES string of the molecule is CN(Cc1cc(C(C)(C)C)n[nH]1)C(=O)Cc1ccsc1. The number of hydrogen-bond acceptors (Lipinski definition) is 3. The van der Waals surface area contributed by atoms with Crippen molar-refractivity contribution in [3.63, 3.8) is 0 Å². The molecule has 0 bridgehead atoms. The van der Waals surface area contributed by atoms with Crippen molar-refractivity contribution in [2.24, 2.45) is 0 Å². The lowest BCUT2D eigenvalue weighted by atomic mass is 9.92. The minimum atomic E-state index is 0.0218. The van der Waals surface area contributed by atoms with E-state index in [0.717, 1.165) is 17.0 Å². The molecule has 0 aliphatic heterocycles. The summed E-state index contributed by atoms with van der Waals surface area (Å²) in [7, 11) is 1.83. The van der Waals surface area contributed by atoms with Gasteiger partial charge in [-0.25, -0.2) is 0 Å². The van der Waals surface area contributed by atoms with E-state index < -0.39 is 0 Å². The largest absolute Gasteiger partial charge is 0.340 e. The van der Waals surface area contributed by atoms with E-state index in [4.69, 9.17) is 0 Å². The lowest BCUT2D eigenvalue weighted by Gasteiger charge is -2.16. The molecular formula is C15H21N3OS. The first kappa shape index (κ1) is 14.8. The van der Waals surface area contributed by atoms with Crippen molar-refractivity contribution in [3.05, 3.63) is 39.8 Å². The second kappa shape index (κ2) is 5.79. The standard InChI is InChI=1S/C15H21N3OS/c1-15(2,3)13-8-12(16-17-13)9-18(4)14(19)7-11-5-6-20-10-11/h5-6,8,10H,7,9H2,1-4H3,(H,16,17). The first-order valence-electron chi connectivity index (χ1n) is 6.66. The van der Waals surface area contributed by atoms with Gasteiger partial charge in [0.2, 0.25) is 5.91 Å². The van der Waals surface area contributed by atoms with Crippen LogP contribution in [-0.4, -0.2) is 28.1 Å². The van der Waals surface area contributed by atoms with Gasteiger partial charge in [0.1, 0.15) is 0 Å². The molecule has 0 spiro atoms. The molecule has 0 fully saturated rings. The molecule has 0 radical (unpaired) electrons. The van der Waals surface area contributed by atoms with Crippen LogP contribution in [-0.2, 0) is 23.2 Å². The van der Waals surface area contributed by atoms with Gasteiger partial charge >= 0.3 is 0 Å². The van der Waals surface area contributed by atoms with E-state index in [2.05, 4.69) is 31.0 Å². The minimum absolute atomic E-state index is 0.0218. The van der Waals surface area contributed by atoms with Gasteiger partial charge in [0, 0.05) is 12.5 Å². The third-order valence-corrected chi connectivity index (χ3v) is 3.90. The Hall–Kier alpha value is -1.62. The number of carbonyl (C=O) groups excluding carboxylic acids is 1. The van der Waals surface area contributed by atoms with Gasteiger partial charge in [-0.15, -0.1) is 0 Å². The smallest absolute Gasteiger partial charge is 0.227 e. The van der Waals surface area contributed by atoms with Gasteiger partial charge in [-0.1, -0.05) is 20.8 Å². The predicted molar refractivity (Wildman–Crippen MR) is 81.8 cm³/mol. The second-order valence-electron chi connectivity index (χ2n) is 6.09. The number of aromatic nitrogens is 2. The van der Waals surface area contributed by atoms with Crippen molar-refractivity contribution in [2.75, 3.05) is 7.05 Å². The highest BCUT2D eigenvalue weighted by Crippen LogP contribution is 2.20. The van der Waals surface area contributed by atoms with Gasteiger partial charge < -0.3 is 4.90 Å². The molecule has 0 aliphatic carbocycles. The maximum Gasteiger partial charge on any atom is 0.227 e. The highest BCUT2D eigenvalue weighted by Gasteiger charge is 2.18. The number of thiophene rings is 1. The van der Waals surface area contributed by atoms with Gasteiger partial charge in [-0.2, -0.15) is 16.4 Å². The number of hydrogen-bond donors (Lipinski definition) is 1. The Bertz CT molecular complexity index is 566. The molecule has 0 saturated heterocycles. The summed E-state index contributed by atoms with van der Waals surface area (Å²) in [6.07, 6.45) is 0.459. The normalized spacial score (nSPS) is 11.6. The number of nitrogens with one attached hydrogen (secondary N) is 1. The molecule has 0 saturated carbocycles. The summed E-state index contributed by atoms with van der Waals surface area (Å²) in [6, 6.07) is 4.03. The topological polar surface area (TPSA) is 49.0 Å². The van der Waals surface area contributed by atoms with Crippen molar-refractivity contribution in [1.29, 1.82) is 0 Å². The van der Waals surface area contributed by atoms with Crippen LogP contribution >= 0.6 is 11.3 Å². The predicted octanol–water partition coefficient (Wildman–Crippen LogP) is 2.97. The number of rotatable bonds is 4. The molecular weight excluding hydrogens is 270 g/mol. The fraction of sp³-hybridized carbons (Fsp3) is 0.467. The zero-order valence-electron chi connectivity index (χ0n) is 12.4. The molecule has 108 valence electrons. The maximum absolute atomic E-state index is 12.1. The third kappa shape index (κ3) is 3.70. The molecule has 2 rings (SSSR count). The molecule has 0 unspecified atom stereocenters. The Balaban J connectivity index is 1.95. The fourth-order valence-electron chi connectivity index (χ4n) is 1.87. The number of nitrogens with zero attached hydrogens (tertiary/aromatic N) is 2. The van der Waals surface area contributed by atoms with Crippen molar-refractivity contribution in [1.82, 2.24) is 15.1 Å². The van der Waals surface area contributed by atoms with Crippen LogP contribution in [0.1, 0.15) is 37.7 Å². The Morgan fingerprint density at radius 3 is 2.75 bits per heavy atom. The molecule has 2 heterocycles. The first-order valence-corrected chi connectivity index (χ1v) is 7.60. The van der Waals surface area contributed by atoms with Crippen LogP contribution in [0.4, 0.5) is 0 Å². The average molecular weight is 291 g/mol. The lowest BCUT2D eigenvalue weighted by Crippen LogP contribution is -2.27. The zero-order chi connectivity index (χ0) is 14.8. The first-order chi connectivity index (χ1) is 9.36. The van der Waals surface area contributed by atoms with Crippen LogP contribution in [0.3, 0.4) is 0 Å². The number of aromatic amines is 1. The quantitative estimate of drug-likeness (QED) is 0.941. The maximum atomic E-state index is 12.1. The Morgan fingerprint density at radius 2 is 2.20 bits per heavy atom. The van der Waals surface area contributed by atoms with Crippen molar-refractivity contribution in [2.45, 2.75) is 39.2 Å². The molecule has 20 heavy (non-hydrogen) atoms. The summed E-state index contributed by atoms with van der Waals surface area (Å²) in [6.45, 7) is 6.93. The van der Waals surface area contributed by atoms with Gasteiger partial charge in [0.15, 0.2) is 0 Å². The Labute approximate surface area is 123 Å². The molecule has 2 aromatic rings. The molecule has 1 N–H and O–H groups in total. The highest BCUT2D eigenvalue weighted by atomic mass is 32.1. The molecule has 1 amide bonds. The van der Waals surface area contributed by atoms with Gasteiger partial charge in [0.05, 0.1) is 24.4 Å². The van der Waals surface area contributed by atoms with E-state index in [-0.39, 0.29) is 11.3 Å². The van der Waals surface area contributed by atoms with Gasteiger partial charge in [-0.05, 0) is 28.5 Å². The summed E-state index contributed by atoms with van der Waals surface area (Å²) >= 11 is 1.62. The minimum Gasteiger partial charge on any atom is -0.340 e. The number of likely N-dealkylation sites (N-methyl/N-ethyl adjacent to an activating group) is 1. The van der Waals surface area contributed by atoms with E-state index in [1.54, 1.807) is 16.2 Å². The Kier molecular flexibility index (Phi) is 4.28. The highest BCUT2D eigenvalue weighted by molar-refractivity contribution is 7.07. The van der Waals surface area contributed by atoms with Crippen LogP contribution < -0.4 is 0 Å². The average Bonchev–Trinajstić information content (AvgIpc) is 2.98. The number of H-pyrrole nitrogens is 1. The van der Waals surface area contributed by atoms with E-state index in [1.165, 1.54) is 0 Å². The van der Waals surface area contributed by atoms with Crippen LogP contribution in [0.2, 0.25) is 0 Å². The van der Waals surface area contributed by atoms with E-state index in [1.807, 2.05) is 29.9 Å². The summed E-state index contributed by atoms with van der Waals surface area (Å²) in [5.74, 6) is 0.121. The molecule has 5 heteroatoms. The van der Waals surface area contributed by atoms with E-state index in [9.17, 15) is 4.79 Å². The summed E-state index contributed by atoms with van der Waals surface area (Å²) < 4.78 is 0. The molecule has 0 aliphatic rings. The van der Waals surface area contributed by atoms with Gasteiger partial charge in [0.25, 0.3) is 0 Å². The summed E-state index contributed by atoms with van der Waals surface area (Å²) in [5.41, 5.74) is 3.09. The van der Waals surface area contributed by atoms with Crippen LogP contribution in [0, 0.1) is 0 Å². The van der Waals surface area contributed by atoms with Crippen LogP contribution in [0.15, 0.2) is 22.9 Å². The molecule has 0 aromatic carbocycles. The third-order valence-electron chi connectivity index (χ3n) is 3.17. The number of carbonyl (C=O) groups is 1. The Morgan fingerprint density at radius 1 is 1.45 bits per heavy atom. The van der Waals surface area contributed by atoms with E-state index in [0.29, 0.717) is 13.0 Å². The van der Waals surface area contributed by atoms with Gasteiger partial charge in [-0.3, -0.25) is 9.89 Å². The molecule has 4 nitrogen and oxygen atoms in total. The summed E-state index contributed by atoms with van der Waals surface area (Å²) in [5, 5.41) is 11.3. The van der Waals surface area contributed by atoms with E-state index >= 15 is 0 Å². The van der Waals surface area contributed by atoms with Crippen LogP contribution in [0.25, 0.3) is 0 Å². The second-order valence-corrected chi connectivity index (χ2v) is 6.87. The van der Waals surface area contributed by atoms with Crippen molar-refractivity contribution < 1.29 is 4.79 Å². The molecule has 0 atom stereocenters.